The number of aromatic hydroxyl groups is 1. The van der Waals surface area contributed by atoms with E-state index in [0.717, 1.165) is 11.3 Å². The number of pyridine rings is 1. The summed E-state index contributed by atoms with van der Waals surface area (Å²) in [6, 6.07) is 1.31. The fourth-order valence-corrected chi connectivity index (χ4v) is 2.82. The molecule has 2 aromatic rings. The molecule has 0 unspecified atom stereocenters. The second kappa shape index (κ2) is 3.34. The van der Waals surface area contributed by atoms with Gasteiger partial charge in [0, 0.05) is 13.1 Å². The third-order valence-corrected chi connectivity index (χ3v) is 3.68. The number of carboxylic acid groups (broad SMARTS) is 1. The number of hydrogen-bond donors (Lipinski definition) is 2. The number of nitrogens with zero attached hydrogens (tertiary/aromatic N) is 1. The van der Waals surface area contributed by atoms with E-state index in [4.69, 9.17) is 5.11 Å². The molecular formula is C10H9NO4S. The van der Waals surface area contributed by atoms with Crippen LogP contribution in [-0.2, 0) is 7.05 Å². The second-order valence-electron chi connectivity index (χ2n) is 3.47. The molecule has 0 aliphatic carbocycles. The van der Waals surface area contributed by atoms with Gasteiger partial charge in [0.15, 0.2) is 5.75 Å². The number of thiophene rings is 1. The van der Waals surface area contributed by atoms with Crippen LogP contribution in [0.2, 0.25) is 0 Å². The number of aryl methyl sites for hydroxylation is 2. The summed E-state index contributed by atoms with van der Waals surface area (Å²) in [7, 11) is 1.51. The molecule has 2 N–H and O–H groups in total. The van der Waals surface area contributed by atoms with Crippen molar-refractivity contribution < 1.29 is 15.0 Å². The number of carboxylic acids is 1. The minimum absolute atomic E-state index is 0.190. The first-order chi connectivity index (χ1) is 7.43. The van der Waals surface area contributed by atoms with Gasteiger partial charge < -0.3 is 14.8 Å². The monoisotopic (exact) mass is 239 g/mol. The zero-order chi connectivity index (χ0) is 12.0. The Kier molecular flexibility index (Phi) is 2.23. The highest BCUT2D eigenvalue weighted by molar-refractivity contribution is 7.20. The van der Waals surface area contributed by atoms with E-state index >= 15 is 0 Å². The summed E-state index contributed by atoms with van der Waals surface area (Å²) in [6.45, 7) is 1.65. The maximum atomic E-state index is 11.5. The summed E-state index contributed by atoms with van der Waals surface area (Å²) in [5, 5.41) is 18.3. The molecule has 0 aromatic carbocycles. The van der Waals surface area contributed by atoms with Gasteiger partial charge in [-0.15, -0.1) is 11.3 Å². The Balaban J connectivity index is 2.99. The molecule has 0 amide bonds. The molecular weight excluding hydrogens is 230 g/mol. The number of carbonyl (C=O) groups is 1. The first-order valence-corrected chi connectivity index (χ1v) is 5.30. The van der Waals surface area contributed by atoms with Crippen LogP contribution >= 0.6 is 11.3 Å². The molecule has 0 radical (unpaired) electrons. The van der Waals surface area contributed by atoms with Crippen LogP contribution in [0.3, 0.4) is 0 Å². The Morgan fingerprint density at radius 3 is 2.69 bits per heavy atom. The van der Waals surface area contributed by atoms with Crippen molar-refractivity contribution in [2.45, 2.75) is 6.92 Å². The van der Waals surface area contributed by atoms with Crippen molar-refractivity contribution in [1.82, 2.24) is 4.57 Å². The van der Waals surface area contributed by atoms with Gasteiger partial charge in [-0.25, -0.2) is 4.79 Å². The Morgan fingerprint density at radius 1 is 1.50 bits per heavy atom. The van der Waals surface area contributed by atoms with Gasteiger partial charge in [-0.2, -0.15) is 0 Å². The van der Waals surface area contributed by atoms with Crippen LogP contribution < -0.4 is 5.56 Å². The lowest BCUT2D eigenvalue weighted by molar-refractivity contribution is 0.0701. The molecule has 2 rings (SSSR count). The first kappa shape index (κ1) is 10.7. The van der Waals surface area contributed by atoms with Gasteiger partial charge in [-0.05, 0) is 12.5 Å². The molecule has 16 heavy (non-hydrogen) atoms. The standard InChI is InChI=1S/C10H9NO4S/c1-4-7-6(16-8(4)10(14)15)3-5(12)9(13)11(7)2/h3,12H,1-2H3,(H,14,15). The Hall–Kier alpha value is -1.82. The predicted molar refractivity (Wildman–Crippen MR) is 60.4 cm³/mol. The zero-order valence-corrected chi connectivity index (χ0v) is 9.46. The van der Waals surface area contributed by atoms with Crippen molar-refractivity contribution in [2.75, 3.05) is 0 Å². The lowest BCUT2D eigenvalue weighted by Gasteiger charge is -2.02. The highest BCUT2D eigenvalue weighted by atomic mass is 32.1. The SMILES string of the molecule is Cc1c(C(=O)O)sc2cc(O)c(=O)n(C)c12. The van der Waals surface area contributed by atoms with Crippen LogP contribution in [0.5, 0.6) is 5.75 Å². The maximum absolute atomic E-state index is 11.5. The minimum atomic E-state index is -1.02. The molecule has 0 saturated carbocycles. The van der Waals surface area contributed by atoms with E-state index in [2.05, 4.69) is 0 Å². The summed E-state index contributed by atoms with van der Waals surface area (Å²) < 4.78 is 1.86. The summed E-state index contributed by atoms with van der Waals surface area (Å²) in [5.74, 6) is -1.39. The van der Waals surface area contributed by atoms with Crippen molar-refractivity contribution in [3.8, 4) is 5.75 Å². The van der Waals surface area contributed by atoms with E-state index in [-0.39, 0.29) is 10.6 Å². The van der Waals surface area contributed by atoms with Crippen molar-refractivity contribution >= 4 is 27.5 Å². The minimum Gasteiger partial charge on any atom is -0.503 e. The van der Waals surface area contributed by atoms with Crippen LogP contribution in [0.1, 0.15) is 15.2 Å². The van der Waals surface area contributed by atoms with Crippen LogP contribution in [0, 0.1) is 6.92 Å². The average molecular weight is 239 g/mol. The van der Waals surface area contributed by atoms with E-state index in [1.54, 1.807) is 6.92 Å². The number of hydrogen-bond acceptors (Lipinski definition) is 4. The van der Waals surface area contributed by atoms with Gasteiger partial charge in [0.25, 0.3) is 5.56 Å². The Bertz CT molecular complexity index is 653. The van der Waals surface area contributed by atoms with Crippen molar-refractivity contribution in [3.63, 3.8) is 0 Å². The first-order valence-electron chi connectivity index (χ1n) is 4.49. The third kappa shape index (κ3) is 1.30. The van der Waals surface area contributed by atoms with Gasteiger partial charge in [0.1, 0.15) is 4.88 Å². The number of rotatable bonds is 1. The van der Waals surface area contributed by atoms with E-state index in [1.165, 1.54) is 17.7 Å². The molecule has 84 valence electrons. The molecule has 0 aliphatic heterocycles. The highest BCUT2D eigenvalue weighted by Gasteiger charge is 2.18. The number of aromatic carboxylic acids is 1. The quantitative estimate of drug-likeness (QED) is 0.786. The molecule has 6 heteroatoms. The normalized spacial score (nSPS) is 10.9. The van der Waals surface area contributed by atoms with Crippen molar-refractivity contribution in [2.24, 2.45) is 7.05 Å². The van der Waals surface area contributed by atoms with Crippen LogP contribution in [0.4, 0.5) is 0 Å². The highest BCUT2D eigenvalue weighted by Crippen LogP contribution is 2.30. The zero-order valence-electron chi connectivity index (χ0n) is 8.64. The molecule has 0 atom stereocenters. The summed E-state index contributed by atoms with van der Waals surface area (Å²) in [6.07, 6.45) is 0. The molecule has 0 fully saturated rings. The van der Waals surface area contributed by atoms with E-state index < -0.39 is 11.5 Å². The summed E-state index contributed by atoms with van der Waals surface area (Å²) >= 11 is 1.05. The van der Waals surface area contributed by atoms with Gasteiger partial charge in [0.2, 0.25) is 0 Å². The topological polar surface area (TPSA) is 79.5 Å². The van der Waals surface area contributed by atoms with Crippen molar-refractivity contribution in [3.05, 3.63) is 26.9 Å². The fraction of sp³-hybridized carbons (Fsp3) is 0.200. The summed E-state index contributed by atoms with van der Waals surface area (Å²) in [4.78, 5) is 22.6. The van der Waals surface area contributed by atoms with Gasteiger partial charge in [-0.3, -0.25) is 4.79 Å². The van der Waals surface area contributed by atoms with Gasteiger partial charge in [-0.1, -0.05) is 0 Å². The maximum Gasteiger partial charge on any atom is 0.346 e. The Morgan fingerprint density at radius 2 is 2.12 bits per heavy atom. The lowest BCUT2D eigenvalue weighted by atomic mass is 10.2. The molecule has 0 spiro atoms. The number of aromatic nitrogens is 1. The fourth-order valence-electron chi connectivity index (χ4n) is 1.71. The van der Waals surface area contributed by atoms with Crippen molar-refractivity contribution in [1.29, 1.82) is 0 Å². The van der Waals surface area contributed by atoms with Gasteiger partial charge >= 0.3 is 5.97 Å². The average Bonchev–Trinajstić information content (AvgIpc) is 2.52. The largest absolute Gasteiger partial charge is 0.503 e. The molecule has 2 aromatic heterocycles. The van der Waals surface area contributed by atoms with E-state index in [0.29, 0.717) is 15.8 Å². The molecule has 5 nitrogen and oxygen atoms in total. The van der Waals surface area contributed by atoms with E-state index in [1.807, 2.05) is 0 Å². The predicted octanol–water partition coefficient (Wildman–Crippen LogP) is 1.31. The molecule has 0 bridgehead atoms. The van der Waals surface area contributed by atoms with Crippen LogP contribution in [0.25, 0.3) is 10.2 Å². The van der Waals surface area contributed by atoms with Crippen LogP contribution in [0.15, 0.2) is 10.9 Å². The molecule has 2 heterocycles. The molecule has 0 saturated heterocycles. The third-order valence-electron chi connectivity index (χ3n) is 2.46. The van der Waals surface area contributed by atoms with E-state index in [9.17, 15) is 14.7 Å². The Labute approximate surface area is 94.2 Å². The lowest BCUT2D eigenvalue weighted by Crippen LogP contribution is -2.16. The molecule has 0 aliphatic rings. The smallest absolute Gasteiger partial charge is 0.346 e. The summed E-state index contributed by atoms with van der Waals surface area (Å²) in [5.41, 5.74) is 0.586. The second-order valence-corrected chi connectivity index (χ2v) is 4.52. The van der Waals surface area contributed by atoms with Gasteiger partial charge in [0.05, 0.1) is 10.2 Å². The van der Waals surface area contributed by atoms with Crippen LogP contribution in [-0.4, -0.2) is 20.7 Å². The number of fused-ring (bicyclic) bond motifs is 1.